The first kappa shape index (κ1) is 60.2. The van der Waals surface area contributed by atoms with Crippen LogP contribution in [-0.2, 0) is 11.2 Å². The van der Waals surface area contributed by atoms with E-state index in [1.165, 1.54) is 43.1 Å². The fraction of sp³-hybridized carbons (Fsp3) is 0.0316. The molecule has 0 atom stereocenters. The first-order valence-corrected chi connectivity index (χ1v) is 35.5. The van der Waals surface area contributed by atoms with E-state index in [0.29, 0.717) is 17.8 Å². The largest absolute Gasteiger partial charge is 0.338 e. The fourth-order valence-electron chi connectivity index (χ4n) is 16.6. The number of aromatic nitrogens is 6. The summed E-state index contributed by atoms with van der Waals surface area (Å²) in [6.45, 7) is 2.04. The summed E-state index contributed by atoms with van der Waals surface area (Å²) in [4.78, 5) is 32.4. The van der Waals surface area contributed by atoms with E-state index in [1.54, 1.807) is 9.13 Å². The first-order valence-electron chi connectivity index (χ1n) is 35.5. The molecule has 0 saturated carbocycles. The Morgan fingerprint density at radius 1 is 0.288 bits per heavy atom. The molecule has 0 saturated heterocycles. The molecule has 5 aromatic heterocycles. The third-order valence-electron chi connectivity index (χ3n) is 21.3. The molecule has 9 nitrogen and oxygen atoms in total. The molecule has 20 aromatic rings. The van der Waals surface area contributed by atoms with Crippen LogP contribution >= 0.6 is 0 Å². The molecule has 0 N–H and O–H groups in total. The van der Waals surface area contributed by atoms with Gasteiger partial charge in [-0.05, 0) is 175 Å². The molecule has 104 heavy (non-hydrogen) atoms. The lowest BCUT2D eigenvalue weighted by Crippen LogP contribution is -2.27. The minimum atomic E-state index is -0.206. The predicted octanol–water partition coefficient (Wildman–Crippen LogP) is 23.1. The van der Waals surface area contributed by atoms with Crippen LogP contribution in [0.15, 0.2) is 357 Å². The SMILES string of the molecule is Cc1ccccc1N(C(=O)CCc1ccc(-c2cc(-n3c4ccccc4c4ccccc43)ccc2-n2c3ccccc3c3ccccc32)cc1)c1ccc(-n2c(=O)n(-c3ccc(-c4cc(-n5c6ccccc6c6ccccc65)ccc4-n4c5ccccc5c5ccccc54)cc3)c3ccccc32)cc1. The quantitative estimate of drug-likeness (QED) is 0.115. The highest BCUT2D eigenvalue weighted by atomic mass is 16.2. The highest BCUT2D eigenvalue weighted by Crippen LogP contribution is 2.43. The van der Waals surface area contributed by atoms with Gasteiger partial charge in [0, 0.05) is 77.7 Å². The average Bonchev–Trinajstić information content (AvgIpc) is 1.65. The van der Waals surface area contributed by atoms with E-state index in [4.69, 9.17) is 0 Å². The van der Waals surface area contributed by atoms with Crippen molar-refractivity contribution in [2.24, 2.45) is 0 Å². The standard InChI is InChI=1S/C95H65N7O2/c1-62-22-2-11-31-81(62)98(94(103)59-44-63-42-45-64(46-43-63)79-60-69(96-82-32-12-3-23-71(82)72-24-4-13-33-83(72)96)55-57-90(79)101-86-36-16-7-27-75(86)76-28-8-17-37-87(76)101)66-51-53-68(54-52-66)100-93-41-21-20-40-92(93)99(95(100)104)67-49-47-65(48-50-67)80-61-70(97-84-34-14-5-25-73(84)74-26-6-15-35-85(74)97)56-58-91(80)102-88-38-18-9-29-77(88)78-30-10-19-39-89(78)102/h2-43,45-58,60-61H,44,59H2,1H3. The van der Waals surface area contributed by atoms with Gasteiger partial charge < -0.3 is 18.3 Å². The Bertz CT molecular complexity index is 6700. The normalized spacial score (nSPS) is 11.9. The van der Waals surface area contributed by atoms with Crippen molar-refractivity contribution in [3.05, 3.63) is 373 Å². The maximum Gasteiger partial charge on any atom is 0.338 e. The summed E-state index contributed by atoms with van der Waals surface area (Å²) in [7, 11) is 0. The summed E-state index contributed by atoms with van der Waals surface area (Å²) in [5, 5.41) is 9.62. The average molecular weight is 1340 g/mol. The van der Waals surface area contributed by atoms with Crippen LogP contribution in [0.4, 0.5) is 11.4 Å². The number of benzene rings is 15. The van der Waals surface area contributed by atoms with Gasteiger partial charge in [-0.15, -0.1) is 0 Å². The van der Waals surface area contributed by atoms with Crippen molar-refractivity contribution in [2.45, 2.75) is 19.8 Å². The van der Waals surface area contributed by atoms with E-state index < -0.39 is 0 Å². The van der Waals surface area contributed by atoms with Gasteiger partial charge >= 0.3 is 5.69 Å². The van der Waals surface area contributed by atoms with Gasteiger partial charge in [-0.3, -0.25) is 18.8 Å². The van der Waals surface area contributed by atoms with Crippen LogP contribution in [0, 0.1) is 6.92 Å². The highest BCUT2D eigenvalue weighted by molar-refractivity contribution is 6.13. The Kier molecular flexibility index (Phi) is 14.0. The molecule has 5 heterocycles. The molecule has 0 radical (unpaired) electrons. The number of nitrogens with zero attached hydrogens (tertiary/aromatic N) is 7. The van der Waals surface area contributed by atoms with Crippen LogP contribution in [0.25, 0.3) is 155 Å². The van der Waals surface area contributed by atoms with Crippen LogP contribution < -0.4 is 10.6 Å². The van der Waals surface area contributed by atoms with E-state index in [0.717, 1.165) is 123 Å². The number of anilines is 2. The molecule has 9 heteroatoms. The van der Waals surface area contributed by atoms with Gasteiger partial charge in [0.15, 0.2) is 0 Å². The number of aryl methyl sites for hydroxylation is 2. The topological polar surface area (TPSA) is 67.0 Å². The number of carbonyl (C=O) groups excluding carboxylic acids is 1. The zero-order valence-corrected chi connectivity index (χ0v) is 56.8. The summed E-state index contributed by atoms with van der Waals surface area (Å²) >= 11 is 0. The van der Waals surface area contributed by atoms with E-state index >= 15 is 9.59 Å². The van der Waals surface area contributed by atoms with E-state index in [1.807, 2.05) is 84.6 Å². The van der Waals surface area contributed by atoms with E-state index in [2.05, 4.69) is 297 Å². The van der Waals surface area contributed by atoms with E-state index in [-0.39, 0.29) is 18.0 Å². The first-order chi connectivity index (χ1) is 51.4. The van der Waals surface area contributed by atoms with Gasteiger partial charge in [0.05, 0.1) is 83.6 Å². The Morgan fingerprint density at radius 3 is 0.952 bits per heavy atom. The van der Waals surface area contributed by atoms with Gasteiger partial charge in [-0.25, -0.2) is 4.79 Å². The fourth-order valence-corrected chi connectivity index (χ4v) is 16.6. The number of fused-ring (bicyclic) bond motifs is 13. The second kappa shape index (κ2) is 24.3. The molecular weight excluding hydrogens is 1270 g/mol. The van der Waals surface area contributed by atoms with Crippen LogP contribution in [0.3, 0.4) is 0 Å². The van der Waals surface area contributed by atoms with Crippen LogP contribution in [-0.4, -0.2) is 33.3 Å². The van der Waals surface area contributed by atoms with Crippen molar-refractivity contribution >= 4 is 116 Å². The van der Waals surface area contributed by atoms with Gasteiger partial charge in [-0.1, -0.05) is 212 Å². The Balaban J connectivity index is 0.628. The summed E-state index contributed by atoms with van der Waals surface area (Å²) < 4.78 is 13.1. The van der Waals surface area contributed by atoms with Crippen molar-refractivity contribution in [1.82, 2.24) is 27.4 Å². The summed E-state index contributed by atoms with van der Waals surface area (Å²) in [5.41, 5.74) is 23.9. The lowest BCUT2D eigenvalue weighted by Gasteiger charge is -2.25. The summed E-state index contributed by atoms with van der Waals surface area (Å²) in [6, 6.07) is 124. The number of amides is 1. The van der Waals surface area contributed by atoms with Crippen LogP contribution in [0.2, 0.25) is 0 Å². The maximum atomic E-state index is 15.4. The monoisotopic (exact) mass is 1340 g/mol. The van der Waals surface area contributed by atoms with Gasteiger partial charge in [-0.2, -0.15) is 0 Å². The molecule has 0 aliphatic carbocycles. The van der Waals surface area contributed by atoms with Crippen molar-refractivity contribution in [1.29, 1.82) is 0 Å². The molecule has 20 rings (SSSR count). The molecule has 15 aromatic carbocycles. The Hall–Kier alpha value is -13.8. The molecule has 0 fully saturated rings. The molecule has 0 aliphatic heterocycles. The number of hydrogen-bond acceptors (Lipinski definition) is 2. The molecular formula is C95H65N7O2. The molecule has 1 amide bonds. The molecule has 0 unspecified atom stereocenters. The van der Waals surface area contributed by atoms with Gasteiger partial charge in [0.2, 0.25) is 5.91 Å². The van der Waals surface area contributed by atoms with Crippen molar-refractivity contribution in [2.75, 3.05) is 4.90 Å². The molecule has 492 valence electrons. The zero-order valence-electron chi connectivity index (χ0n) is 56.8. The Labute approximate surface area is 598 Å². The predicted molar refractivity (Wildman–Crippen MR) is 430 cm³/mol. The van der Waals surface area contributed by atoms with E-state index in [9.17, 15) is 0 Å². The number of hydrogen-bond donors (Lipinski definition) is 0. The van der Waals surface area contributed by atoms with Crippen molar-refractivity contribution < 1.29 is 4.79 Å². The van der Waals surface area contributed by atoms with Crippen LogP contribution in [0.1, 0.15) is 17.5 Å². The second-order valence-electron chi connectivity index (χ2n) is 27.1. The smallest absolute Gasteiger partial charge is 0.309 e. The highest BCUT2D eigenvalue weighted by Gasteiger charge is 2.25. The molecule has 0 spiro atoms. The van der Waals surface area contributed by atoms with Gasteiger partial charge in [0.25, 0.3) is 0 Å². The maximum absolute atomic E-state index is 15.4. The zero-order chi connectivity index (χ0) is 69.1. The minimum absolute atomic E-state index is 0.0403. The van der Waals surface area contributed by atoms with Gasteiger partial charge in [0.1, 0.15) is 0 Å². The number of imidazole rings is 1. The third kappa shape index (κ3) is 9.55. The molecule has 0 aliphatic rings. The minimum Gasteiger partial charge on any atom is -0.309 e. The second-order valence-corrected chi connectivity index (χ2v) is 27.1. The number of rotatable bonds is 13. The third-order valence-corrected chi connectivity index (χ3v) is 21.3. The lowest BCUT2D eigenvalue weighted by atomic mass is 9.99. The van der Waals surface area contributed by atoms with Crippen molar-refractivity contribution in [3.8, 4) is 56.4 Å². The van der Waals surface area contributed by atoms with Crippen LogP contribution in [0.5, 0.6) is 0 Å². The Morgan fingerprint density at radius 2 is 0.587 bits per heavy atom. The summed E-state index contributed by atoms with van der Waals surface area (Å²) in [6.07, 6.45) is 0.777. The van der Waals surface area contributed by atoms with Crippen molar-refractivity contribution in [3.63, 3.8) is 0 Å². The molecule has 0 bridgehead atoms. The summed E-state index contributed by atoms with van der Waals surface area (Å²) in [5.74, 6) is -0.0403. The lowest BCUT2D eigenvalue weighted by molar-refractivity contribution is -0.117. The number of para-hydroxylation sites is 11. The number of carbonyl (C=O) groups is 1.